The summed E-state index contributed by atoms with van der Waals surface area (Å²) in [6.45, 7) is 4.25. The van der Waals surface area contributed by atoms with Gasteiger partial charge >= 0.3 is 5.97 Å². The van der Waals surface area contributed by atoms with E-state index in [9.17, 15) is 4.79 Å². The molecule has 0 aliphatic carbocycles. The monoisotopic (exact) mass is 161 g/mol. The predicted octanol–water partition coefficient (Wildman–Crippen LogP) is 0.0856. The first-order valence-corrected chi connectivity index (χ1v) is 3.54. The molecule has 0 saturated carbocycles. The fraction of sp³-hybridized carbons (Fsp3) is 0.857. The van der Waals surface area contributed by atoms with Gasteiger partial charge in [-0.05, 0) is 13.5 Å². The highest BCUT2D eigenvalue weighted by Crippen LogP contribution is 2.03. The molecule has 0 saturated heterocycles. The quantitative estimate of drug-likeness (QED) is 0.599. The summed E-state index contributed by atoms with van der Waals surface area (Å²) in [4.78, 5) is 10.7. The lowest BCUT2D eigenvalue weighted by Crippen LogP contribution is -2.52. The first-order chi connectivity index (χ1) is 5.06. The molecule has 0 rings (SSSR count). The van der Waals surface area contributed by atoms with Crippen molar-refractivity contribution in [1.29, 1.82) is 0 Å². The van der Waals surface area contributed by atoms with Gasteiger partial charge in [-0.1, -0.05) is 6.92 Å². The number of aliphatic carboxylic acids is 1. The summed E-state index contributed by atoms with van der Waals surface area (Å²) < 4.78 is 4.78. The molecule has 0 aromatic heterocycles. The molecular weight excluding hydrogens is 146 g/mol. The van der Waals surface area contributed by atoms with Crippen LogP contribution in [0.2, 0.25) is 0 Å². The highest BCUT2D eigenvalue weighted by atomic mass is 16.5. The highest BCUT2D eigenvalue weighted by Gasteiger charge is 2.31. The van der Waals surface area contributed by atoms with Crippen molar-refractivity contribution in [3.8, 4) is 0 Å². The molecule has 0 spiro atoms. The minimum atomic E-state index is -0.955. The Hall–Kier alpha value is -0.610. The van der Waals surface area contributed by atoms with E-state index in [4.69, 9.17) is 9.84 Å². The third-order valence-electron chi connectivity index (χ3n) is 1.47. The molecule has 0 aliphatic heterocycles. The topological polar surface area (TPSA) is 58.6 Å². The first-order valence-electron chi connectivity index (χ1n) is 3.54. The molecule has 66 valence electrons. The van der Waals surface area contributed by atoms with E-state index in [1.54, 1.807) is 6.92 Å². The number of ether oxygens (including phenoxy) is 1. The summed E-state index contributed by atoms with van der Waals surface area (Å²) in [6.07, 6.45) is 0. The van der Waals surface area contributed by atoms with E-state index in [1.807, 2.05) is 6.92 Å². The van der Waals surface area contributed by atoms with E-state index in [-0.39, 0.29) is 6.61 Å². The standard InChI is InChI=1S/C7H15NO3/c1-4-8-7(2,5-11-3)6(9)10/h8H,4-5H2,1-3H3,(H,9,10). The fourth-order valence-corrected chi connectivity index (χ4v) is 0.867. The van der Waals surface area contributed by atoms with Gasteiger partial charge in [0.05, 0.1) is 6.61 Å². The number of carboxylic acid groups (broad SMARTS) is 1. The lowest BCUT2D eigenvalue weighted by atomic mass is 10.0. The van der Waals surface area contributed by atoms with E-state index in [0.29, 0.717) is 6.54 Å². The first kappa shape index (κ1) is 10.4. The third kappa shape index (κ3) is 2.86. The molecule has 1 unspecified atom stereocenters. The maximum Gasteiger partial charge on any atom is 0.326 e. The average molecular weight is 161 g/mol. The van der Waals surface area contributed by atoms with Crippen molar-refractivity contribution in [1.82, 2.24) is 5.32 Å². The number of rotatable bonds is 5. The minimum absolute atomic E-state index is 0.177. The van der Waals surface area contributed by atoms with E-state index < -0.39 is 11.5 Å². The van der Waals surface area contributed by atoms with Gasteiger partial charge in [-0.25, -0.2) is 0 Å². The Morgan fingerprint density at radius 1 is 1.73 bits per heavy atom. The van der Waals surface area contributed by atoms with Gasteiger partial charge in [0.15, 0.2) is 0 Å². The zero-order chi connectivity index (χ0) is 8.91. The second kappa shape index (κ2) is 4.31. The summed E-state index contributed by atoms with van der Waals surface area (Å²) in [5, 5.41) is 11.6. The number of carboxylic acids is 1. The number of methoxy groups -OCH3 is 1. The van der Waals surface area contributed by atoms with Crippen molar-refractivity contribution in [3.05, 3.63) is 0 Å². The van der Waals surface area contributed by atoms with Gasteiger partial charge in [0.25, 0.3) is 0 Å². The molecule has 0 aromatic carbocycles. The van der Waals surface area contributed by atoms with Crippen molar-refractivity contribution in [2.24, 2.45) is 0 Å². The van der Waals surface area contributed by atoms with Crippen LogP contribution in [-0.4, -0.2) is 36.9 Å². The lowest BCUT2D eigenvalue weighted by molar-refractivity contribution is -0.146. The van der Waals surface area contributed by atoms with Crippen LogP contribution in [0.15, 0.2) is 0 Å². The van der Waals surface area contributed by atoms with Gasteiger partial charge in [-0.15, -0.1) is 0 Å². The highest BCUT2D eigenvalue weighted by molar-refractivity contribution is 5.78. The van der Waals surface area contributed by atoms with Crippen LogP contribution >= 0.6 is 0 Å². The number of carbonyl (C=O) groups is 1. The van der Waals surface area contributed by atoms with Crippen LogP contribution in [0, 0.1) is 0 Å². The van der Waals surface area contributed by atoms with Crippen LogP contribution < -0.4 is 5.32 Å². The summed E-state index contributed by atoms with van der Waals surface area (Å²) >= 11 is 0. The summed E-state index contributed by atoms with van der Waals surface area (Å²) in [7, 11) is 1.48. The molecule has 4 heteroatoms. The van der Waals surface area contributed by atoms with Crippen molar-refractivity contribution in [2.45, 2.75) is 19.4 Å². The lowest BCUT2D eigenvalue weighted by Gasteiger charge is -2.24. The molecule has 1 atom stereocenters. The predicted molar refractivity (Wildman–Crippen MR) is 41.6 cm³/mol. The van der Waals surface area contributed by atoms with Crippen LogP contribution in [0.1, 0.15) is 13.8 Å². The van der Waals surface area contributed by atoms with Crippen molar-refractivity contribution >= 4 is 5.97 Å². The van der Waals surface area contributed by atoms with Crippen LogP contribution in [0.4, 0.5) is 0 Å². The molecule has 11 heavy (non-hydrogen) atoms. The normalized spacial score (nSPS) is 15.9. The molecule has 4 nitrogen and oxygen atoms in total. The molecule has 0 bridgehead atoms. The Balaban J connectivity index is 4.13. The Morgan fingerprint density at radius 2 is 2.27 bits per heavy atom. The Morgan fingerprint density at radius 3 is 2.55 bits per heavy atom. The zero-order valence-electron chi connectivity index (χ0n) is 7.18. The molecule has 2 N–H and O–H groups in total. The molecule has 0 aliphatic rings. The van der Waals surface area contributed by atoms with E-state index >= 15 is 0 Å². The van der Waals surface area contributed by atoms with Gasteiger partial charge in [0.2, 0.25) is 0 Å². The summed E-state index contributed by atoms with van der Waals surface area (Å²) in [5.74, 6) is -0.888. The molecule has 0 amide bonds. The van der Waals surface area contributed by atoms with Crippen LogP contribution in [0.25, 0.3) is 0 Å². The summed E-state index contributed by atoms with van der Waals surface area (Å²) in [6, 6.07) is 0. The Bertz CT molecular complexity index is 130. The van der Waals surface area contributed by atoms with E-state index in [2.05, 4.69) is 5.32 Å². The SMILES string of the molecule is CCNC(C)(COC)C(=O)O. The van der Waals surface area contributed by atoms with Crippen molar-refractivity contribution < 1.29 is 14.6 Å². The number of hydrogen-bond donors (Lipinski definition) is 2. The second-order valence-electron chi connectivity index (χ2n) is 2.60. The van der Waals surface area contributed by atoms with Gasteiger partial charge < -0.3 is 15.2 Å². The Labute approximate surface area is 66.5 Å². The fourth-order valence-electron chi connectivity index (χ4n) is 0.867. The average Bonchev–Trinajstić information content (AvgIpc) is 1.88. The van der Waals surface area contributed by atoms with Crippen LogP contribution in [0.5, 0.6) is 0 Å². The molecular formula is C7H15NO3. The number of nitrogens with one attached hydrogen (secondary N) is 1. The van der Waals surface area contributed by atoms with Gasteiger partial charge in [-0.3, -0.25) is 4.79 Å². The largest absolute Gasteiger partial charge is 0.480 e. The van der Waals surface area contributed by atoms with Gasteiger partial charge in [-0.2, -0.15) is 0 Å². The van der Waals surface area contributed by atoms with Crippen LogP contribution in [0.3, 0.4) is 0 Å². The van der Waals surface area contributed by atoms with Crippen molar-refractivity contribution in [3.63, 3.8) is 0 Å². The molecule has 0 fully saturated rings. The number of likely N-dealkylation sites (N-methyl/N-ethyl adjacent to an activating group) is 1. The molecule has 0 aromatic rings. The molecule has 0 radical (unpaired) electrons. The number of hydrogen-bond acceptors (Lipinski definition) is 3. The van der Waals surface area contributed by atoms with Gasteiger partial charge in [0, 0.05) is 7.11 Å². The second-order valence-corrected chi connectivity index (χ2v) is 2.60. The maximum atomic E-state index is 10.7. The Kier molecular flexibility index (Phi) is 4.07. The minimum Gasteiger partial charge on any atom is -0.480 e. The van der Waals surface area contributed by atoms with Gasteiger partial charge in [0.1, 0.15) is 5.54 Å². The molecule has 0 heterocycles. The summed E-state index contributed by atoms with van der Waals surface area (Å²) in [5.41, 5.74) is -0.955. The van der Waals surface area contributed by atoms with Crippen LogP contribution in [-0.2, 0) is 9.53 Å². The smallest absolute Gasteiger partial charge is 0.326 e. The third-order valence-corrected chi connectivity index (χ3v) is 1.47. The maximum absolute atomic E-state index is 10.7. The zero-order valence-corrected chi connectivity index (χ0v) is 7.18. The van der Waals surface area contributed by atoms with Crippen molar-refractivity contribution in [2.75, 3.05) is 20.3 Å². The van der Waals surface area contributed by atoms with E-state index in [1.165, 1.54) is 7.11 Å². The van der Waals surface area contributed by atoms with E-state index in [0.717, 1.165) is 0 Å².